The molecular formula is C42H28N4. The van der Waals surface area contributed by atoms with Gasteiger partial charge in [-0.25, -0.2) is 0 Å². The number of pyridine rings is 2. The van der Waals surface area contributed by atoms with Gasteiger partial charge >= 0.3 is 0 Å². The van der Waals surface area contributed by atoms with Gasteiger partial charge in [0.1, 0.15) is 0 Å². The lowest BCUT2D eigenvalue weighted by atomic mass is 10.0. The van der Waals surface area contributed by atoms with Gasteiger partial charge in [0.25, 0.3) is 0 Å². The van der Waals surface area contributed by atoms with Crippen molar-refractivity contribution in [3.63, 3.8) is 0 Å². The second kappa shape index (κ2) is 10.7. The largest absolute Gasteiger partial charge is 0.309 e. The number of fused-ring (bicyclic) bond motifs is 5. The van der Waals surface area contributed by atoms with Crippen LogP contribution >= 0.6 is 0 Å². The minimum absolute atomic E-state index is 0.925. The summed E-state index contributed by atoms with van der Waals surface area (Å²) in [4.78, 5) is 9.46. The summed E-state index contributed by atoms with van der Waals surface area (Å²) in [6.07, 6.45) is 3.70. The van der Waals surface area contributed by atoms with Crippen molar-refractivity contribution in [2.24, 2.45) is 0 Å². The van der Waals surface area contributed by atoms with Gasteiger partial charge in [0.15, 0.2) is 0 Å². The van der Waals surface area contributed by atoms with E-state index in [9.17, 15) is 0 Å². The Morgan fingerprint density at radius 3 is 1.65 bits per heavy atom. The molecule has 0 aliphatic rings. The first-order chi connectivity index (χ1) is 22.8. The molecule has 0 saturated carbocycles. The van der Waals surface area contributed by atoms with E-state index in [2.05, 4.69) is 143 Å². The molecule has 0 amide bonds. The van der Waals surface area contributed by atoms with Gasteiger partial charge in [0.05, 0.1) is 33.6 Å². The smallest absolute Gasteiger partial charge is 0.0702 e. The fraction of sp³-hybridized carbons (Fsp3) is 0. The highest BCUT2D eigenvalue weighted by Gasteiger charge is 2.21. The molecule has 4 heterocycles. The third kappa shape index (κ3) is 4.23. The molecule has 0 aliphatic heterocycles. The van der Waals surface area contributed by atoms with E-state index >= 15 is 0 Å². The number of hydrogen-bond acceptors (Lipinski definition) is 2. The number of aromatic nitrogens is 4. The maximum atomic E-state index is 4.73. The average Bonchev–Trinajstić information content (AvgIpc) is 3.70. The van der Waals surface area contributed by atoms with Crippen LogP contribution in [-0.4, -0.2) is 19.1 Å². The van der Waals surface area contributed by atoms with Crippen molar-refractivity contribution in [2.45, 2.75) is 0 Å². The Morgan fingerprint density at radius 2 is 0.978 bits per heavy atom. The van der Waals surface area contributed by atoms with Gasteiger partial charge in [-0.2, -0.15) is 0 Å². The predicted octanol–water partition coefficient (Wildman–Crippen LogP) is 10.5. The van der Waals surface area contributed by atoms with Crippen molar-refractivity contribution in [3.05, 3.63) is 170 Å². The van der Waals surface area contributed by atoms with Gasteiger partial charge in [-0.05, 0) is 78.4 Å². The lowest BCUT2D eigenvalue weighted by molar-refractivity contribution is 1.13. The van der Waals surface area contributed by atoms with E-state index in [1.165, 1.54) is 27.2 Å². The molecule has 0 fully saturated rings. The molecule has 0 radical (unpaired) electrons. The molecule has 4 nitrogen and oxygen atoms in total. The lowest BCUT2D eigenvalue weighted by Gasteiger charge is -2.14. The Bertz CT molecular complexity index is 2440. The van der Waals surface area contributed by atoms with Crippen molar-refractivity contribution >= 4 is 32.7 Å². The Labute approximate surface area is 266 Å². The van der Waals surface area contributed by atoms with Crippen LogP contribution in [0.1, 0.15) is 0 Å². The van der Waals surface area contributed by atoms with Crippen LogP contribution in [0.2, 0.25) is 0 Å². The summed E-state index contributed by atoms with van der Waals surface area (Å²) >= 11 is 0. The van der Waals surface area contributed by atoms with Gasteiger partial charge in [0, 0.05) is 51.1 Å². The van der Waals surface area contributed by atoms with Crippen LogP contribution in [0.5, 0.6) is 0 Å². The van der Waals surface area contributed by atoms with Gasteiger partial charge in [-0.3, -0.25) is 9.97 Å². The predicted molar refractivity (Wildman–Crippen MR) is 190 cm³/mol. The Balaban J connectivity index is 1.42. The summed E-state index contributed by atoms with van der Waals surface area (Å²) < 4.78 is 4.81. The molecule has 0 bridgehead atoms. The molecule has 0 spiro atoms. The zero-order valence-corrected chi connectivity index (χ0v) is 25.0. The summed E-state index contributed by atoms with van der Waals surface area (Å²) in [5, 5.41) is 3.63. The minimum atomic E-state index is 0.925. The van der Waals surface area contributed by atoms with E-state index in [0.29, 0.717) is 0 Å². The van der Waals surface area contributed by atoms with Gasteiger partial charge in [-0.1, -0.05) is 84.9 Å². The molecular weight excluding hydrogens is 560 g/mol. The highest BCUT2D eigenvalue weighted by molar-refractivity contribution is 6.19. The van der Waals surface area contributed by atoms with Crippen LogP contribution in [0.15, 0.2) is 170 Å². The number of hydrogen-bond donors (Lipinski definition) is 0. The first-order valence-corrected chi connectivity index (χ1v) is 15.5. The van der Waals surface area contributed by atoms with Crippen molar-refractivity contribution in [2.75, 3.05) is 0 Å². The minimum Gasteiger partial charge on any atom is -0.309 e. The topological polar surface area (TPSA) is 35.6 Å². The standard InChI is InChI=1S/C42H28N4/c1-3-13-29(14-4-1)41-28-36-40(45(41)32-15-5-2-6-16-32)22-21-35-34-17-7-8-20-39(34)46(42(35)36)33-26-30(37-18-9-11-23-43-37)25-31(27-33)38-19-10-12-24-44-38/h1-28H. The molecule has 0 aliphatic carbocycles. The fourth-order valence-corrected chi connectivity index (χ4v) is 6.79. The quantitative estimate of drug-likeness (QED) is 0.200. The lowest BCUT2D eigenvalue weighted by Crippen LogP contribution is -1.98. The third-order valence-corrected chi connectivity index (χ3v) is 8.80. The molecule has 0 saturated heterocycles. The summed E-state index contributed by atoms with van der Waals surface area (Å²) in [6, 6.07) is 55.8. The van der Waals surface area contributed by atoms with E-state index in [4.69, 9.17) is 9.97 Å². The first-order valence-electron chi connectivity index (χ1n) is 15.5. The zero-order valence-electron chi connectivity index (χ0n) is 25.0. The third-order valence-electron chi connectivity index (χ3n) is 8.80. The maximum absolute atomic E-state index is 4.73. The molecule has 9 rings (SSSR count). The SMILES string of the molecule is c1ccc(-c2cc3c(ccc4c5ccccc5n(-c5cc(-c6ccccn6)cc(-c6ccccn6)c5)c43)n2-c2ccccc2)cc1. The molecule has 4 aromatic heterocycles. The van der Waals surface area contributed by atoms with E-state index in [-0.39, 0.29) is 0 Å². The molecule has 0 N–H and O–H groups in total. The van der Waals surface area contributed by atoms with E-state index in [1.54, 1.807) is 0 Å². The monoisotopic (exact) mass is 588 g/mol. The molecule has 4 heteroatoms. The number of benzene rings is 5. The second-order valence-electron chi connectivity index (χ2n) is 11.5. The molecule has 46 heavy (non-hydrogen) atoms. The van der Waals surface area contributed by atoms with E-state index in [0.717, 1.165) is 50.6 Å². The number of para-hydroxylation sites is 2. The van der Waals surface area contributed by atoms with Crippen molar-refractivity contribution < 1.29 is 0 Å². The van der Waals surface area contributed by atoms with Crippen LogP contribution < -0.4 is 0 Å². The number of rotatable bonds is 5. The average molecular weight is 589 g/mol. The van der Waals surface area contributed by atoms with Crippen molar-refractivity contribution in [1.82, 2.24) is 19.1 Å². The highest BCUT2D eigenvalue weighted by Crippen LogP contribution is 2.41. The van der Waals surface area contributed by atoms with Gasteiger partial charge < -0.3 is 9.13 Å². The van der Waals surface area contributed by atoms with Gasteiger partial charge in [0.2, 0.25) is 0 Å². The van der Waals surface area contributed by atoms with E-state index < -0.39 is 0 Å². The summed E-state index contributed by atoms with van der Waals surface area (Å²) in [5.74, 6) is 0. The molecule has 0 unspecified atom stereocenters. The summed E-state index contributed by atoms with van der Waals surface area (Å²) in [5.41, 5.74) is 12.0. The Hall–Kier alpha value is -6.26. The maximum Gasteiger partial charge on any atom is 0.0702 e. The number of nitrogens with zero attached hydrogens (tertiary/aromatic N) is 4. The molecule has 9 aromatic rings. The summed E-state index contributed by atoms with van der Waals surface area (Å²) in [6.45, 7) is 0. The first kappa shape index (κ1) is 26.2. The van der Waals surface area contributed by atoms with E-state index in [1.807, 2.05) is 36.7 Å². The molecule has 216 valence electrons. The van der Waals surface area contributed by atoms with Crippen LogP contribution in [0, 0.1) is 0 Å². The zero-order chi connectivity index (χ0) is 30.5. The highest BCUT2D eigenvalue weighted by atomic mass is 15.0. The molecule has 0 atom stereocenters. The van der Waals surface area contributed by atoms with Crippen molar-refractivity contribution in [3.8, 4) is 45.1 Å². The van der Waals surface area contributed by atoms with Gasteiger partial charge in [-0.15, -0.1) is 0 Å². The van der Waals surface area contributed by atoms with Crippen LogP contribution in [0.4, 0.5) is 0 Å². The summed E-state index contributed by atoms with van der Waals surface area (Å²) in [7, 11) is 0. The fourth-order valence-electron chi connectivity index (χ4n) is 6.79. The second-order valence-corrected chi connectivity index (χ2v) is 11.5. The van der Waals surface area contributed by atoms with Crippen LogP contribution in [0.3, 0.4) is 0 Å². The Morgan fingerprint density at radius 1 is 0.370 bits per heavy atom. The van der Waals surface area contributed by atoms with Crippen LogP contribution in [-0.2, 0) is 0 Å². The van der Waals surface area contributed by atoms with Crippen molar-refractivity contribution in [1.29, 1.82) is 0 Å². The van der Waals surface area contributed by atoms with Crippen LogP contribution in [0.25, 0.3) is 77.9 Å². The normalized spacial score (nSPS) is 11.5. The molecule has 5 aromatic carbocycles. The Kier molecular flexibility index (Phi) is 6.10.